The Hall–Kier alpha value is -3.30. The maximum atomic E-state index is 13.7. The summed E-state index contributed by atoms with van der Waals surface area (Å²) in [5.41, 5.74) is -0.311. The second kappa shape index (κ2) is 9.29. The molecule has 172 valence electrons. The first kappa shape index (κ1) is 22.9. The molecule has 0 aliphatic carbocycles. The van der Waals surface area contributed by atoms with Gasteiger partial charge < -0.3 is 19.3 Å². The molecule has 0 fully saturated rings. The fourth-order valence-corrected chi connectivity index (χ4v) is 4.34. The highest BCUT2D eigenvalue weighted by molar-refractivity contribution is 7.98. The molecule has 0 spiro atoms. The molecule has 4 rings (SSSR count). The molecule has 1 unspecified atom stereocenters. The zero-order valence-corrected chi connectivity index (χ0v) is 19.7. The number of aromatic nitrogens is 2. The lowest BCUT2D eigenvalue weighted by atomic mass is 9.88. The molecule has 1 aliphatic heterocycles. The summed E-state index contributed by atoms with van der Waals surface area (Å²) >= 11 is 1.33. The van der Waals surface area contributed by atoms with E-state index in [4.69, 9.17) is 14.2 Å². The number of rotatable bonds is 8. The van der Waals surface area contributed by atoms with E-state index in [0.717, 1.165) is 5.56 Å². The van der Waals surface area contributed by atoms with Gasteiger partial charge in [0.25, 0.3) is 5.91 Å². The van der Waals surface area contributed by atoms with Gasteiger partial charge in [0.1, 0.15) is 5.56 Å². The van der Waals surface area contributed by atoms with Crippen molar-refractivity contribution < 1.29 is 24.1 Å². The zero-order chi connectivity index (χ0) is 23.6. The second-order valence-electron chi connectivity index (χ2n) is 7.39. The van der Waals surface area contributed by atoms with Crippen molar-refractivity contribution in [3.63, 3.8) is 0 Å². The van der Waals surface area contributed by atoms with Crippen LogP contribution in [0.25, 0.3) is 0 Å². The fourth-order valence-electron chi connectivity index (χ4n) is 3.99. The first-order valence-electron chi connectivity index (χ1n) is 10.3. The fraction of sp³-hybridized carbons (Fsp3) is 0.292. The third kappa shape index (κ3) is 3.87. The molecule has 1 aromatic heterocycles. The molecule has 1 N–H and O–H groups in total. The summed E-state index contributed by atoms with van der Waals surface area (Å²) in [6.45, 7) is 0.296. The normalized spacial score (nSPS) is 17.1. The van der Waals surface area contributed by atoms with E-state index in [-0.39, 0.29) is 11.4 Å². The number of carbonyl (C=O) groups is 1. The predicted octanol–water partition coefficient (Wildman–Crippen LogP) is 3.05. The summed E-state index contributed by atoms with van der Waals surface area (Å²) < 4.78 is 16.2. The van der Waals surface area contributed by atoms with Crippen LogP contribution < -0.4 is 19.1 Å². The minimum Gasteiger partial charge on any atom is -0.493 e. The molecule has 1 aliphatic rings. The smallest absolute Gasteiger partial charge is 0.269 e. The zero-order valence-electron chi connectivity index (χ0n) is 18.9. The maximum Gasteiger partial charge on any atom is 0.269 e. The van der Waals surface area contributed by atoms with Crippen LogP contribution in [-0.2, 0) is 16.8 Å². The van der Waals surface area contributed by atoms with E-state index >= 15 is 0 Å². The van der Waals surface area contributed by atoms with Crippen LogP contribution in [0, 0.1) is 0 Å². The molecule has 0 radical (unpaired) electrons. The van der Waals surface area contributed by atoms with Crippen molar-refractivity contribution in [3.05, 3.63) is 65.2 Å². The van der Waals surface area contributed by atoms with Gasteiger partial charge in [-0.2, -0.15) is 4.98 Å². The average molecular weight is 468 g/mol. The number of amides is 1. The van der Waals surface area contributed by atoms with E-state index in [0.29, 0.717) is 41.0 Å². The van der Waals surface area contributed by atoms with Crippen molar-refractivity contribution in [3.8, 4) is 17.4 Å². The number of carbonyl (C=O) groups excluding carboxylic acids is 1. The Bertz CT molecular complexity index is 1170. The van der Waals surface area contributed by atoms with E-state index in [1.54, 1.807) is 38.5 Å². The molecule has 2 heterocycles. The van der Waals surface area contributed by atoms with Crippen LogP contribution in [0.3, 0.4) is 0 Å². The van der Waals surface area contributed by atoms with Crippen LogP contribution in [-0.4, -0.2) is 55.1 Å². The van der Waals surface area contributed by atoms with Gasteiger partial charge in [0, 0.05) is 6.54 Å². The van der Waals surface area contributed by atoms with Crippen LogP contribution in [0.5, 0.6) is 17.4 Å². The minimum absolute atomic E-state index is 0.178. The lowest BCUT2D eigenvalue weighted by Crippen LogP contribution is -2.42. The second-order valence-corrected chi connectivity index (χ2v) is 8.16. The highest BCUT2D eigenvalue weighted by atomic mass is 32.2. The van der Waals surface area contributed by atoms with Gasteiger partial charge in [-0.3, -0.25) is 9.69 Å². The highest BCUT2D eigenvalue weighted by Gasteiger charge is 2.54. The lowest BCUT2D eigenvalue weighted by Gasteiger charge is -2.23. The number of hydrogen-bond acceptors (Lipinski definition) is 8. The Morgan fingerprint density at radius 1 is 1.00 bits per heavy atom. The predicted molar refractivity (Wildman–Crippen MR) is 125 cm³/mol. The molecule has 8 nitrogen and oxygen atoms in total. The van der Waals surface area contributed by atoms with Crippen molar-refractivity contribution in [1.82, 2.24) is 9.97 Å². The Balaban J connectivity index is 1.77. The van der Waals surface area contributed by atoms with E-state index in [1.165, 1.54) is 23.8 Å². The topological polar surface area (TPSA) is 94.0 Å². The summed E-state index contributed by atoms with van der Waals surface area (Å²) in [6.07, 6.45) is 2.35. The average Bonchev–Trinajstić information content (AvgIpc) is 3.09. The number of anilines is 1. The first-order valence-corrected chi connectivity index (χ1v) is 11.5. The van der Waals surface area contributed by atoms with E-state index in [2.05, 4.69) is 9.97 Å². The van der Waals surface area contributed by atoms with Crippen molar-refractivity contribution in [2.24, 2.45) is 0 Å². The van der Waals surface area contributed by atoms with Gasteiger partial charge in [-0.25, -0.2) is 4.98 Å². The number of thioether (sulfide) groups is 1. The minimum atomic E-state index is -1.95. The summed E-state index contributed by atoms with van der Waals surface area (Å²) in [6, 6.07) is 14.4. The molecule has 0 saturated heterocycles. The molecule has 1 amide bonds. The Kier molecular flexibility index (Phi) is 6.44. The van der Waals surface area contributed by atoms with Crippen LogP contribution in [0.4, 0.5) is 5.82 Å². The summed E-state index contributed by atoms with van der Waals surface area (Å²) in [4.78, 5) is 24.2. The van der Waals surface area contributed by atoms with Gasteiger partial charge in [-0.05, 0) is 35.9 Å². The van der Waals surface area contributed by atoms with Crippen LogP contribution >= 0.6 is 11.8 Å². The molecular weight excluding hydrogens is 442 g/mol. The molecule has 0 saturated carbocycles. The number of ether oxygens (including phenoxy) is 3. The Morgan fingerprint density at radius 3 is 2.36 bits per heavy atom. The van der Waals surface area contributed by atoms with Gasteiger partial charge in [-0.15, -0.1) is 0 Å². The SMILES string of the molecule is COc1ccc(CCN2C(=O)C(O)(c3ccccc3)c3c(OC)nc(SC)nc32)cc1OC. The molecule has 0 bridgehead atoms. The standard InChI is InChI=1S/C24H25N3O5S/c1-30-17-11-10-15(14-18(17)31-2)12-13-27-20-19(21(32-3)26-23(25-20)33-4)24(29,22(27)28)16-8-6-5-7-9-16/h5-11,14,29H,12-13H2,1-4H3. The maximum absolute atomic E-state index is 13.7. The molecule has 1 atom stereocenters. The number of hydrogen-bond donors (Lipinski definition) is 1. The van der Waals surface area contributed by atoms with E-state index in [9.17, 15) is 9.90 Å². The van der Waals surface area contributed by atoms with E-state index in [1.807, 2.05) is 30.5 Å². The van der Waals surface area contributed by atoms with Gasteiger partial charge in [-0.1, -0.05) is 48.2 Å². The number of nitrogens with zero attached hydrogens (tertiary/aromatic N) is 3. The first-order chi connectivity index (χ1) is 16.0. The summed E-state index contributed by atoms with van der Waals surface area (Å²) in [7, 11) is 4.63. The van der Waals surface area contributed by atoms with Gasteiger partial charge in [0.15, 0.2) is 22.5 Å². The van der Waals surface area contributed by atoms with E-state index < -0.39 is 11.5 Å². The summed E-state index contributed by atoms with van der Waals surface area (Å²) in [5, 5.41) is 12.2. The van der Waals surface area contributed by atoms with Crippen molar-refractivity contribution in [2.75, 3.05) is 39.0 Å². The summed E-state index contributed by atoms with van der Waals surface area (Å²) in [5.74, 6) is 1.28. The van der Waals surface area contributed by atoms with Crippen molar-refractivity contribution >= 4 is 23.5 Å². The van der Waals surface area contributed by atoms with Gasteiger partial charge >= 0.3 is 0 Å². The van der Waals surface area contributed by atoms with Crippen LogP contribution in [0.2, 0.25) is 0 Å². The largest absolute Gasteiger partial charge is 0.493 e. The molecular formula is C24H25N3O5S. The number of aliphatic hydroxyl groups is 1. The number of methoxy groups -OCH3 is 3. The van der Waals surface area contributed by atoms with Gasteiger partial charge in [0.05, 0.1) is 21.3 Å². The quantitative estimate of drug-likeness (QED) is 0.399. The third-order valence-electron chi connectivity index (χ3n) is 5.65. The Labute approximate surface area is 196 Å². The molecule has 33 heavy (non-hydrogen) atoms. The Morgan fingerprint density at radius 2 is 1.73 bits per heavy atom. The molecule has 9 heteroatoms. The molecule has 3 aromatic rings. The number of benzene rings is 2. The third-order valence-corrected chi connectivity index (χ3v) is 6.20. The van der Waals surface area contributed by atoms with Crippen LogP contribution in [0.15, 0.2) is 53.7 Å². The number of fused-ring (bicyclic) bond motifs is 1. The van der Waals surface area contributed by atoms with Crippen molar-refractivity contribution in [2.45, 2.75) is 17.2 Å². The molecule has 2 aromatic carbocycles. The van der Waals surface area contributed by atoms with Crippen molar-refractivity contribution in [1.29, 1.82) is 0 Å². The van der Waals surface area contributed by atoms with Crippen LogP contribution in [0.1, 0.15) is 16.7 Å². The lowest BCUT2D eigenvalue weighted by molar-refractivity contribution is -0.132. The van der Waals surface area contributed by atoms with Gasteiger partial charge in [0.2, 0.25) is 11.5 Å². The monoisotopic (exact) mass is 467 g/mol. The highest BCUT2D eigenvalue weighted by Crippen LogP contribution is 2.48.